The van der Waals surface area contributed by atoms with E-state index in [9.17, 15) is 4.79 Å². The summed E-state index contributed by atoms with van der Waals surface area (Å²) in [6, 6.07) is 0. The average Bonchev–Trinajstić information content (AvgIpc) is 1.82. The lowest BCUT2D eigenvalue weighted by molar-refractivity contribution is -0.149. The van der Waals surface area contributed by atoms with Gasteiger partial charge in [-0.05, 0) is 6.92 Å². The zero-order valence-electron chi connectivity index (χ0n) is 5.64. The van der Waals surface area contributed by atoms with Crippen LogP contribution in [0, 0.1) is 0 Å². The lowest BCUT2D eigenvalue weighted by Gasteiger charge is -1.99. The molecular weight excluding hydrogens is 156 g/mol. The van der Waals surface area contributed by atoms with E-state index in [0.29, 0.717) is 5.57 Å². The highest BCUT2D eigenvalue weighted by atomic mass is 16.7. The fourth-order valence-corrected chi connectivity index (χ4v) is 0.236. The third-order valence-electron chi connectivity index (χ3n) is 0.656. The summed E-state index contributed by atoms with van der Waals surface area (Å²) in [6.07, 6.45) is 0. The molecule has 0 amide bonds. The minimum atomic E-state index is -0.420. The largest absolute Gasteiger partial charge is 0.435 e. The molecule has 0 aliphatic rings. The Morgan fingerprint density at radius 2 is 1.75 bits per heavy atom. The summed E-state index contributed by atoms with van der Waals surface area (Å²) in [7, 11) is 1.45. The van der Waals surface area contributed by atoms with Crippen LogP contribution in [0.5, 0.6) is 0 Å². The van der Waals surface area contributed by atoms with E-state index < -0.39 is 5.97 Å². The van der Waals surface area contributed by atoms with Crippen LogP contribution in [0.1, 0.15) is 29.2 Å². The Hall–Kier alpha value is -0.830. The lowest BCUT2D eigenvalue weighted by Crippen LogP contribution is -2.06. The predicted molar refractivity (Wildman–Crippen MR) is 53.0 cm³/mol. The summed E-state index contributed by atoms with van der Waals surface area (Å²) in [4.78, 5) is 10.5. The molecular formula is C9H22O3. The molecule has 0 aliphatic heterocycles. The number of carbonyl (C=O) groups excluding carboxylic acids is 1. The Morgan fingerprint density at radius 1 is 1.33 bits per heavy atom. The molecule has 0 saturated heterocycles. The second kappa shape index (κ2) is 12.8. The standard InChI is InChI=1S/C6H10O3.3CH4/c1-5(2)6(7)9-4-8-3;;;/h1,4H2,2-3H3;3*1H4. The molecule has 76 valence electrons. The number of ether oxygens (including phenoxy) is 2. The van der Waals surface area contributed by atoms with Gasteiger partial charge in [-0.3, -0.25) is 0 Å². The summed E-state index contributed by atoms with van der Waals surface area (Å²) in [5, 5.41) is 0. The molecule has 0 aromatic carbocycles. The third-order valence-corrected chi connectivity index (χ3v) is 0.656. The molecule has 0 N–H and O–H groups in total. The Morgan fingerprint density at radius 3 is 2.00 bits per heavy atom. The first-order valence-electron chi connectivity index (χ1n) is 2.50. The summed E-state index contributed by atoms with van der Waals surface area (Å²) in [5.41, 5.74) is 0.382. The van der Waals surface area contributed by atoms with Crippen molar-refractivity contribution in [2.75, 3.05) is 13.9 Å². The smallest absolute Gasteiger partial charge is 0.335 e. The topological polar surface area (TPSA) is 35.5 Å². The van der Waals surface area contributed by atoms with Gasteiger partial charge in [-0.2, -0.15) is 0 Å². The number of rotatable bonds is 3. The number of hydrogen-bond acceptors (Lipinski definition) is 3. The number of carbonyl (C=O) groups is 1. The highest BCUT2D eigenvalue weighted by Crippen LogP contribution is 1.90. The van der Waals surface area contributed by atoms with Crippen LogP contribution in [-0.2, 0) is 14.3 Å². The Balaban J connectivity index is -0.000000107. The monoisotopic (exact) mass is 178 g/mol. The molecule has 3 nitrogen and oxygen atoms in total. The summed E-state index contributed by atoms with van der Waals surface area (Å²) in [6.45, 7) is 4.95. The van der Waals surface area contributed by atoms with Crippen molar-refractivity contribution in [2.45, 2.75) is 29.2 Å². The molecule has 0 atom stereocenters. The molecule has 0 aromatic heterocycles. The number of hydrogen-bond donors (Lipinski definition) is 0. The van der Waals surface area contributed by atoms with Crippen LogP contribution < -0.4 is 0 Å². The maximum atomic E-state index is 10.5. The van der Waals surface area contributed by atoms with Crippen molar-refractivity contribution in [1.82, 2.24) is 0 Å². The highest BCUT2D eigenvalue weighted by molar-refractivity contribution is 5.86. The number of esters is 1. The van der Waals surface area contributed by atoms with Crippen LogP contribution in [0.3, 0.4) is 0 Å². The molecule has 12 heavy (non-hydrogen) atoms. The molecule has 0 fully saturated rings. The second-order valence-electron chi connectivity index (χ2n) is 1.62. The predicted octanol–water partition coefficient (Wildman–Crippen LogP) is 2.62. The van der Waals surface area contributed by atoms with Gasteiger partial charge >= 0.3 is 5.97 Å². The molecule has 0 unspecified atom stereocenters. The van der Waals surface area contributed by atoms with Crippen molar-refractivity contribution >= 4 is 5.97 Å². The quantitative estimate of drug-likeness (QED) is 0.378. The highest BCUT2D eigenvalue weighted by Gasteiger charge is 1.99. The van der Waals surface area contributed by atoms with Crippen LogP contribution in [0.25, 0.3) is 0 Å². The van der Waals surface area contributed by atoms with Crippen LogP contribution in [0.15, 0.2) is 12.2 Å². The van der Waals surface area contributed by atoms with Gasteiger partial charge in [0.25, 0.3) is 0 Å². The fourth-order valence-electron chi connectivity index (χ4n) is 0.236. The maximum Gasteiger partial charge on any atom is 0.335 e. The van der Waals surface area contributed by atoms with Gasteiger partial charge in [-0.15, -0.1) is 0 Å². The Labute approximate surface area is 76.4 Å². The van der Waals surface area contributed by atoms with Crippen molar-refractivity contribution in [3.05, 3.63) is 12.2 Å². The van der Waals surface area contributed by atoms with E-state index in [4.69, 9.17) is 0 Å². The fraction of sp³-hybridized carbons (Fsp3) is 0.667. The van der Waals surface area contributed by atoms with Gasteiger partial charge in [-0.1, -0.05) is 28.9 Å². The minimum absolute atomic E-state index is 0. The third kappa shape index (κ3) is 11.9. The second-order valence-corrected chi connectivity index (χ2v) is 1.62. The van der Waals surface area contributed by atoms with Gasteiger partial charge < -0.3 is 9.47 Å². The van der Waals surface area contributed by atoms with Gasteiger partial charge in [0.1, 0.15) is 0 Å². The Kier molecular flexibility index (Phi) is 24.0. The molecule has 0 aliphatic carbocycles. The van der Waals surface area contributed by atoms with E-state index in [1.807, 2.05) is 0 Å². The summed E-state index contributed by atoms with van der Waals surface area (Å²) in [5.74, 6) is -0.420. The van der Waals surface area contributed by atoms with Crippen molar-refractivity contribution in [3.8, 4) is 0 Å². The van der Waals surface area contributed by atoms with Crippen molar-refractivity contribution in [2.24, 2.45) is 0 Å². The SMILES string of the molecule is C.C.C.C=C(C)C(=O)OCOC. The van der Waals surface area contributed by atoms with Gasteiger partial charge in [0, 0.05) is 12.7 Å². The van der Waals surface area contributed by atoms with E-state index in [2.05, 4.69) is 16.1 Å². The average molecular weight is 178 g/mol. The maximum absolute atomic E-state index is 10.5. The van der Waals surface area contributed by atoms with Gasteiger partial charge in [0.2, 0.25) is 0 Å². The zero-order chi connectivity index (χ0) is 7.28. The van der Waals surface area contributed by atoms with Crippen LogP contribution in [0.2, 0.25) is 0 Å². The first kappa shape index (κ1) is 22.5. The molecule has 0 radical (unpaired) electrons. The molecule has 0 spiro atoms. The molecule has 3 heteroatoms. The van der Waals surface area contributed by atoms with Crippen molar-refractivity contribution < 1.29 is 14.3 Å². The van der Waals surface area contributed by atoms with Gasteiger partial charge in [-0.25, -0.2) is 4.79 Å². The van der Waals surface area contributed by atoms with E-state index in [1.165, 1.54) is 7.11 Å². The zero-order valence-corrected chi connectivity index (χ0v) is 5.64. The van der Waals surface area contributed by atoms with Crippen molar-refractivity contribution in [1.29, 1.82) is 0 Å². The molecule has 0 rings (SSSR count). The normalized spacial score (nSPS) is 6.50. The van der Waals surface area contributed by atoms with E-state index in [-0.39, 0.29) is 29.1 Å². The minimum Gasteiger partial charge on any atom is -0.435 e. The number of methoxy groups -OCH3 is 1. The van der Waals surface area contributed by atoms with Crippen molar-refractivity contribution in [3.63, 3.8) is 0 Å². The lowest BCUT2D eigenvalue weighted by atomic mass is 10.4. The van der Waals surface area contributed by atoms with E-state index in [1.54, 1.807) is 6.92 Å². The molecule has 0 bridgehead atoms. The first-order valence-corrected chi connectivity index (χ1v) is 2.50. The van der Waals surface area contributed by atoms with E-state index in [0.717, 1.165) is 0 Å². The van der Waals surface area contributed by atoms with Gasteiger partial charge in [0.15, 0.2) is 6.79 Å². The molecule has 0 heterocycles. The van der Waals surface area contributed by atoms with Gasteiger partial charge in [0.05, 0.1) is 0 Å². The van der Waals surface area contributed by atoms with E-state index >= 15 is 0 Å². The summed E-state index contributed by atoms with van der Waals surface area (Å²) < 4.78 is 8.97. The molecule has 0 saturated carbocycles. The van der Waals surface area contributed by atoms with Crippen LogP contribution >= 0.6 is 0 Å². The Bertz CT molecular complexity index is 119. The van der Waals surface area contributed by atoms with Crippen LogP contribution in [0.4, 0.5) is 0 Å². The molecule has 0 aromatic rings. The van der Waals surface area contributed by atoms with Crippen LogP contribution in [-0.4, -0.2) is 19.9 Å². The first-order chi connectivity index (χ1) is 4.18. The summed E-state index contributed by atoms with van der Waals surface area (Å²) >= 11 is 0.